The van der Waals surface area contributed by atoms with Crippen LogP contribution in [0.1, 0.15) is 31.9 Å². The van der Waals surface area contributed by atoms with Crippen LogP contribution in [0.5, 0.6) is 11.5 Å². The number of pyridine rings is 1. The molecule has 0 saturated carbocycles. The Labute approximate surface area is 203 Å². The van der Waals surface area contributed by atoms with Gasteiger partial charge in [0.1, 0.15) is 11.5 Å². The van der Waals surface area contributed by atoms with E-state index in [4.69, 9.17) is 17.0 Å². The largest absolute Gasteiger partial charge is 0.867 e. The van der Waals surface area contributed by atoms with Gasteiger partial charge in [-0.1, -0.05) is 51.2 Å². The van der Waals surface area contributed by atoms with Crippen molar-refractivity contribution < 1.29 is 27.9 Å². The number of rotatable bonds is 7. The van der Waals surface area contributed by atoms with Gasteiger partial charge in [0, 0.05) is 23.9 Å². The highest BCUT2D eigenvalue weighted by molar-refractivity contribution is 7.81. The number of hydrogen-bond acceptors (Lipinski definition) is 4. The fourth-order valence-electron chi connectivity index (χ4n) is 3.23. The first-order valence-corrected chi connectivity index (χ1v) is 10.9. The van der Waals surface area contributed by atoms with Crippen LogP contribution in [0.3, 0.4) is 0 Å². The van der Waals surface area contributed by atoms with Crippen LogP contribution in [0.2, 0.25) is 0 Å². The number of ether oxygens (including phenoxy) is 2. The van der Waals surface area contributed by atoms with Crippen LogP contribution < -0.4 is 24.5 Å². The monoisotopic (exact) mass is 484 g/mol. The van der Waals surface area contributed by atoms with Crippen LogP contribution in [0.15, 0.2) is 73.1 Å². The van der Waals surface area contributed by atoms with Crippen molar-refractivity contribution in [1.29, 1.82) is 0 Å². The fourth-order valence-corrected chi connectivity index (χ4v) is 3.54. The van der Waals surface area contributed by atoms with Crippen LogP contribution >= 0.6 is 12.2 Å². The van der Waals surface area contributed by atoms with Gasteiger partial charge >= 0.3 is 6.61 Å². The molecule has 8 heteroatoms. The van der Waals surface area contributed by atoms with E-state index in [1.54, 1.807) is 48.3 Å². The van der Waals surface area contributed by atoms with Gasteiger partial charge in [-0.3, -0.25) is 0 Å². The number of nitrogens with one attached hydrogen (secondary N) is 1. The quantitative estimate of drug-likeness (QED) is 0.221. The molecule has 1 heterocycles. The number of hydrogen-bond donors (Lipinski definition) is 1. The molecule has 0 fully saturated rings. The molecule has 0 aliphatic carbocycles. The second kappa shape index (κ2) is 10.6. The molecule has 0 atom stereocenters. The van der Waals surface area contributed by atoms with Gasteiger partial charge < -0.3 is 19.9 Å². The fraction of sp³-hybridized carbons (Fsp3) is 0.231. The summed E-state index contributed by atoms with van der Waals surface area (Å²) in [6, 6.07) is 16.5. The molecule has 0 spiro atoms. The zero-order valence-electron chi connectivity index (χ0n) is 19.3. The van der Waals surface area contributed by atoms with Gasteiger partial charge in [-0.25, -0.2) is 0 Å². The Morgan fingerprint density at radius 2 is 1.65 bits per heavy atom. The van der Waals surface area contributed by atoms with Crippen LogP contribution in [0.25, 0.3) is 11.5 Å². The average Bonchev–Trinajstić information content (AvgIpc) is 2.79. The Balaban J connectivity index is 2.04. The van der Waals surface area contributed by atoms with Crippen LogP contribution in [-0.2, 0) is 5.41 Å². The summed E-state index contributed by atoms with van der Waals surface area (Å²) >= 11 is 5.63. The lowest BCUT2D eigenvalue weighted by molar-refractivity contribution is -0.577. The number of halogens is 2. The van der Waals surface area contributed by atoms with E-state index in [9.17, 15) is 13.9 Å². The summed E-state index contributed by atoms with van der Waals surface area (Å²) in [5.41, 5.74) is 2.17. The summed E-state index contributed by atoms with van der Waals surface area (Å²) in [6.07, 6.45) is 3.56. The van der Waals surface area contributed by atoms with Gasteiger partial charge in [-0.05, 0) is 46.6 Å². The Morgan fingerprint density at radius 3 is 2.21 bits per heavy atom. The summed E-state index contributed by atoms with van der Waals surface area (Å²) in [7, 11) is 1.56. The molecule has 0 saturated heterocycles. The maximum absolute atomic E-state index is 13.5. The van der Waals surface area contributed by atoms with Crippen molar-refractivity contribution in [2.75, 3.05) is 12.4 Å². The first-order chi connectivity index (χ1) is 16.1. The number of thiocarbonyl (C=S) groups is 1. The summed E-state index contributed by atoms with van der Waals surface area (Å²) in [5.74, 6) is 0.224. The van der Waals surface area contributed by atoms with Crippen molar-refractivity contribution in [3.05, 3.63) is 84.2 Å². The molecular weight excluding hydrogens is 458 g/mol. The number of anilines is 1. The van der Waals surface area contributed by atoms with E-state index in [2.05, 4.69) is 30.8 Å². The van der Waals surface area contributed by atoms with Crippen molar-refractivity contribution in [1.82, 2.24) is 0 Å². The van der Waals surface area contributed by atoms with Crippen LogP contribution in [0.4, 0.5) is 14.5 Å². The highest BCUT2D eigenvalue weighted by Crippen LogP contribution is 2.24. The number of alkyl halides is 2. The summed E-state index contributed by atoms with van der Waals surface area (Å²) < 4.78 is 36.2. The molecular formula is C26H26F2N2O3S. The highest BCUT2D eigenvalue weighted by Gasteiger charge is 2.21. The molecule has 5 nitrogen and oxygen atoms in total. The normalized spacial score (nSPS) is 12.2. The van der Waals surface area contributed by atoms with Crippen molar-refractivity contribution in [3.63, 3.8) is 0 Å². The van der Waals surface area contributed by atoms with E-state index >= 15 is 0 Å². The minimum absolute atomic E-state index is 0.0348. The molecule has 3 rings (SSSR count). The van der Waals surface area contributed by atoms with E-state index in [0.29, 0.717) is 11.4 Å². The lowest BCUT2D eigenvalue weighted by Gasteiger charge is -2.20. The first kappa shape index (κ1) is 25.1. The van der Waals surface area contributed by atoms with E-state index in [1.165, 1.54) is 24.3 Å². The maximum atomic E-state index is 13.5. The molecule has 0 unspecified atom stereocenters. The predicted molar refractivity (Wildman–Crippen MR) is 131 cm³/mol. The molecule has 1 aromatic heterocycles. The van der Waals surface area contributed by atoms with E-state index in [0.717, 1.165) is 5.56 Å². The van der Waals surface area contributed by atoms with Crippen LogP contribution in [0, 0.1) is 0 Å². The first-order valence-electron chi connectivity index (χ1n) is 10.5. The van der Waals surface area contributed by atoms with Crippen molar-refractivity contribution in [2.24, 2.45) is 0 Å². The highest BCUT2D eigenvalue weighted by atomic mass is 32.1. The SMILES string of the molecule is COc1cccc(NC(=S)/C(=C(\[O-])c2ccc(OC(F)F)cc2)[n+]2ccc(C(C)(C)C)cc2)c1. The third-order valence-corrected chi connectivity index (χ3v) is 5.35. The zero-order valence-corrected chi connectivity index (χ0v) is 20.2. The predicted octanol–water partition coefficient (Wildman–Crippen LogP) is 5.01. The molecule has 0 bridgehead atoms. The maximum Gasteiger partial charge on any atom is 0.387 e. The minimum atomic E-state index is -2.94. The molecule has 2 aromatic carbocycles. The van der Waals surface area contributed by atoms with Gasteiger partial charge in [0.05, 0.1) is 7.11 Å². The molecule has 178 valence electrons. The van der Waals surface area contributed by atoms with Crippen molar-refractivity contribution in [3.8, 4) is 11.5 Å². The summed E-state index contributed by atoms with van der Waals surface area (Å²) in [5, 5.41) is 16.6. The minimum Gasteiger partial charge on any atom is -0.867 e. The number of nitrogens with zero attached hydrogens (tertiary/aromatic N) is 1. The third kappa shape index (κ3) is 6.29. The molecule has 0 radical (unpaired) electrons. The van der Waals surface area contributed by atoms with E-state index < -0.39 is 6.61 Å². The number of methoxy groups -OCH3 is 1. The van der Waals surface area contributed by atoms with Gasteiger partial charge in [0.15, 0.2) is 17.4 Å². The average molecular weight is 485 g/mol. The van der Waals surface area contributed by atoms with Gasteiger partial charge in [0.2, 0.25) is 5.70 Å². The Hall–Kier alpha value is -3.52. The number of benzene rings is 2. The Kier molecular flexibility index (Phi) is 7.83. The molecule has 34 heavy (non-hydrogen) atoms. The molecule has 3 aromatic rings. The molecule has 0 aliphatic heterocycles. The Morgan fingerprint density at radius 1 is 1.00 bits per heavy atom. The smallest absolute Gasteiger partial charge is 0.387 e. The van der Waals surface area contributed by atoms with E-state index in [-0.39, 0.29) is 33.2 Å². The lowest BCUT2D eigenvalue weighted by atomic mass is 9.88. The molecule has 0 amide bonds. The van der Waals surface area contributed by atoms with Crippen molar-refractivity contribution in [2.45, 2.75) is 32.8 Å². The van der Waals surface area contributed by atoms with Gasteiger partial charge in [-0.15, -0.1) is 0 Å². The number of aromatic nitrogens is 1. The second-order valence-corrected chi connectivity index (χ2v) is 8.92. The zero-order chi connectivity index (χ0) is 24.9. The summed E-state index contributed by atoms with van der Waals surface area (Å²) in [6.45, 7) is 3.35. The third-order valence-electron chi connectivity index (χ3n) is 5.05. The second-order valence-electron chi connectivity index (χ2n) is 8.51. The lowest BCUT2D eigenvalue weighted by Crippen LogP contribution is -2.40. The van der Waals surface area contributed by atoms with Gasteiger partial charge in [0.25, 0.3) is 0 Å². The standard InChI is InChI=1S/C26H26F2N2O3S/c1-26(2,3)18-12-14-30(15-13-18)22(24(34)29-19-6-5-7-21(16-19)32-4)23(31)17-8-10-20(11-9-17)33-25(27)28/h5-16,25H,1-4H3,(H-,29,31,34). The molecule has 0 aliphatic rings. The van der Waals surface area contributed by atoms with Crippen LogP contribution in [-0.4, -0.2) is 18.7 Å². The molecule has 1 N–H and O–H groups in total. The summed E-state index contributed by atoms with van der Waals surface area (Å²) in [4.78, 5) is 0.194. The van der Waals surface area contributed by atoms with Gasteiger partial charge in [-0.2, -0.15) is 13.3 Å². The Bertz CT molecular complexity index is 1170. The van der Waals surface area contributed by atoms with E-state index in [1.807, 2.05) is 12.1 Å². The van der Waals surface area contributed by atoms with Crippen molar-refractivity contribution >= 4 is 34.3 Å². The topological polar surface area (TPSA) is 57.4 Å².